The van der Waals surface area contributed by atoms with Crippen LogP contribution in [0.4, 0.5) is 5.69 Å². The lowest BCUT2D eigenvalue weighted by Crippen LogP contribution is -2.31. The van der Waals surface area contributed by atoms with Gasteiger partial charge in [-0.2, -0.15) is 0 Å². The molecular weight excluding hydrogens is 346 g/mol. The van der Waals surface area contributed by atoms with Crippen molar-refractivity contribution in [2.45, 2.75) is 26.9 Å². The van der Waals surface area contributed by atoms with Crippen LogP contribution >= 0.6 is 0 Å². The van der Waals surface area contributed by atoms with Gasteiger partial charge in [0.05, 0.1) is 11.9 Å². The Morgan fingerprint density at radius 3 is 1.89 bits per heavy atom. The highest BCUT2D eigenvalue weighted by Gasteiger charge is 2.16. The second kappa shape index (κ2) is 9.70. The van der Waals surface area contributed by atoms with Gasteiger partial charge in [-0.3, -0.25) is 4.79 Å². The van der Waals surface area contributed by atoms with Crippen LogP contribution in [0.15, 0.2) is 79.0 Å². The monoisotopic (exact) mass is 373 g/mol. The number of hydrogen-bond acceptors (Lipinski definition) is 3. The Morgan fingerprint density at radius 2 is 1.39 bits per heavy atom. The summed E-state index contributed by atoms with van der Waals surface area (Å²) >= 11 is 0. The van der Waals surface area contributed by atoms with E-state index >= 15 is 0 Å². The molecule has 0 spiro atoms. The Kier molecular flexibility index (Phi) is 6.79. The van der Waals surface area contributed by atoms with E-state index < -0.39 is 0 Å². The third kappa shape index (κ3) is 4.97. The van der Waals surface area contributed by atoms with Crippen LogP contribution in [-0.4, -0.2) is 28.9 Å². The van der Waals surface area contributed by atoms with Crippen molar-refractivity contribution in [1.82, 2.24) is 9.88 Å². The van der Waals surface area contributed by atoms with Gasteiger partial charge in [-0.15, -0.1) is 0 Å². The van der Waals surface area contributed by atoms with E-state index in [2.05, 4.69) is 41.1 Å². The second-order valence-electron chi connectivity index (χ2n) is 6.71. The second-order valence-corrected chi connectivity index (χ2v) is 6.71. The fourth-order valence-corrected chi connectivity index (χ4v) is 3.18. The number of rotatable bonds is 8. The summed E-state index contributed by atoms with van der Waals surface area (Å²) in [6.07, 6.45) is 1.80. The van der Waals surface area contributed by atoms with Crippen molar-refractivity contribution in [2.75, 3.05) is 18.0 Å². The normalized spacial score (nSPS) is 10.5. The summed E-state index contributed by atoms with van der Waals surface area (Å²) in [6, 6.07) is 24.2. The zero-order valence-electron chi connectivity index (χ0n) is 16.6. The molecule has 144 valence electrons. The fourth-order valence-electron chi connectivity index (χ4n) is 3.18. The lowest BCUT2D eigenvalue weighted by atomic mass is 10.2. The molecule has 0 fully saturated rings. The molecule has 0 saturated heterocycles. The third-order valence-corrected chi connectivity index (χ3v) is 4.82. The molecule has 28 heavy (non-hydrogen) atoms. The maximum atomic E-state index is 12.9. The summed E-state index contributed by atoms with van der Waals surface area (Å²) in [4.78, 5) is 21.4. The Balaban J connectivity index is 1.70. The highest BCUT2D eigenvalue weighted by Crippen LogP contribution is 2.17. The lowest BCUT2D eigenvalue weighted by Gasteiger charge is -2.24. The van der Waals surface area contributed by atoms with E-state index in [0.29, 0.717) is 18.8 Å². The smallest absolute Gasteiger partial charge is 0.272 e. The van der Waals surface area contributed by atoms with Crippen LogP contribution in [-0.2, 0) is 13.1 Å². The van der Waals surface area contributed by atoms with Crippen molar-refractivity contribution >= 4 is 11.6 Å². The van der Waals surface area contributed by atoms with Gasteiger partial charge in [0.25, 0.3) is 5.91 Å². The van der Waals surface area contributed by atoms with E-state index in [-0.39, 0.29) is 5.91 Å². The maximum absolute atomic E-state index is 12.9. The molecule has 0 unspecified atom stereocenters. The summed E-state index contributed by atoms with van der Waals surface area (Å²) < 4.78 is 0. The van der Waals surface area contributed by atoms with E-state index in [1.807, 2.05) is 60.4 Å². The predicted molar refractivity (Wildman–Crippen MR) is 114 cm³/mol. The first-order valence-corrected chi connectivity index (χ1v) is 9.79. The van der Waals surface area contributed by atoms with Crippen molar-refractivity contribution < 1.29 is 4.79 Å². The zero-order chi connectivity index (χ0) is 19.8. The van der Waals surface area contributed by atoms with E-state index in [9.17, 15) is 4.79 Å². The molecule has 3 aromatic rings. The molecule has 0 bridgehead atoms. The molecule has 0 atom stereocenters. The number of amides is 1. The number of nitrogens with zero attached hydrogens (tertiary/aromatic N) is 3. The number of carbonyl (C=O) groups excluding carboxylic acids is 1. The van der Waals surface area contributed by atoms with Gasteiger partial charge in [-0.25, -0.2) is 4.98 Å². The molecule has 3 rings (SSSR count). The van der Waals surface area contributed by atoms with Gasteiger partial charge >= 0.3 is 0 Å². The van der Waals surface area contributed by atoms with Crippen molar-refractivity contribution in [1.29, 1.82) is 0 Å². The van der Waals surface area contributed by atoms with E-state index in [4.69, 9.17) is 0 Å². The van der Waals surface area contributed by atoms with Crippen molar-refractivity contribution in [3.05, 3.63) is 95.8 Å². The van der Waals surface area contributed by atoms with Crippen LogP contribution in [0.5, 0.6) is 0 Å². The third-order valence-electron chi connectivity index (χ3n) is 4.82. The van der Waals surface area contributed by atoms with Gasteiger partial charge in [-0.1, -0.05) is 60.7 Å². The number of aromatic nitrogens is 1. The van der Waals surface area contributed by atoms with Crippen LogP contribution in [0, 0.1) is 0 Å². The molecule has 0 N–H and O–H groups in total. The number of benzene rings is 2. The van der Waals surface area contributed by atoms with Crippen LogP contribution in [0.2, 0.25) is 0 Å². The minimum Gasteiger partial charge on any atom is -0.366 e. The molecule has 4 nitrogen and oxygen atoms in total. The minimum absolute atomic E-state index is 0.0380. The fraction of sp³-hybridized carbons (Fsp3) is 0.250. The molecule has 1 amide bonds. The molecule has 0 aliphatic rings. The summed E-state index contributed by atoms with van der Waals surface area (Å²) in [5, 5.41) is 0. The van der Waals surface area contributed by atoms with Crippen molar-refractivity contribution in [2.24, 2.45) is 0 Å². The molecule has 0 aliphatic heterocycles. The van der Waals surface area contributed by atoms with Gasteiger partial charge < -0.3 is 9.80 Å². The standard InChI is InChI=1S/C24H27N3O/c1-3-26(18-20-11-7-5-8-12-20)22-15-16-23(25-17-22)24(28)27(4-2)19-21-13-9-6-10-14-21/h5-17H,3-4,18-19H2,1-2H3. The predicted octanol–water partition coefficient (Wildman–Crippen LogP) is 4.77. The van der Waals surface area contributed by atoms with E-state index in [1.165, 1.54) is 5.56 Å². The molecule has 0 saturated carbocycles. The molecule has 2 aromatic carbocycles. The minimum atomic E-state index is -0.0380. The Bertz CT molecular complexity index is 863. The van der Waals surface area contributed by atoms with Gasteiger partial charge in [0.15, 0.2) is 0 Å². The summed E-state index contributed by atoms with van der Waals surface area (Å²) in [5.41, 5.74) is 3.88. The first-order valence-electron chi connectivity index (χ1n) is 9.79. The van der Waals surface area contributed by atoms with E-state index in [1.54, 1.807) is 6.20 Å². The van der Waals surface area contributed by atoms with Gasteiger partial charge in [0, 0.05) is 26.2 Å². The van der Waals surface area contributed by atoms with Crippen LogP contribution in [0.25, 0.3) is 0 Å². The highest BCUT2D eigenvalue weighted by atomic mass is 16.2. The molecule has 1 aromatic heterocycles. The average molecular weight is 374 g/mol. The zero-order valence-corrected chi connectivity index (χ0v) is 16.6. The molecule has 1 heterocycles. The Labute approximate surface area is 167 Å². The van der Waals surface area contributed by atoms with Gasteiger partial charge in [0.1, 0.15) is 5.69 Å². The maximum Gasteiger partial charge on any atom is 0.272 e. The van der Waals surface area contributed by atoms with Crippen LogP contribution < -0.4 is 4.90 Å². The van der Waals surface area contributed by atoms with Crippen LogP contribution in [0.3, 0.4) is 0 Å². The van der Waals surface area contributed by atoms with Crippen LogP contribution in [0.1, 0.15) is 35.5 Å². The quantitative estimate of drug-likeness (QED) is 0.571. The highest BCUT2D eigenvalue weighted by molar-refractivity contribution is 5.92. The Morgan fingerprint density at radius 1 is 0.786 bits per heavy atom. The number of carbonyl (C=O) groups is 1. The van der Waals surface area contributed by atoms with Gasteiger partial charge in [0.2, 0.25) is 0 Å². The SMILES string of the molecule is CCN(Cc1ccccc1)C(=O)c1ccc(N(CC)Cc2ccccc2)cn1. The van der Waals surface area contributed by atoms with Crippen molar-refractivity contribution in [3.8, 4) is 0 Å². The Hall–Kier alpha value is -3.14. The summed E-state index contributed by atoms with van der Waals surface area (Å²) in [7, 11) is 0. The number of pyridine rings is 1. The lowest BCUT2D eigenvalue weighted by molar-refractivity contribution is 0.0746. The largest absolute Gasteiger partial charge is 0.366 e. The first kappa shape index (κ1) is 19.6. The molecule has 4 heteroatoms. The topological polar surface area (TPSA) is 36.4 Å². The number of anilines is 1. The average Bonchev–Trinajstić information content (AvgIpc) is 2.77. The molecule has 0 aliphatic carbocycles. The van der Waals surface area contributed by atoms with E-state index in [0.717, 1.165) is 24.3 Å². The molecule has 0 radical (unpaired) electrons. The summed E-state index contributed by atoms with van der Waals surface area (Å²) in [5.74, 6) is -0.0380. The molecular formula is C24H27N3O. The van der Waals surface area contributed by atoms with Crippen molar-refractivity contribution in [3.63, 3.8) is 0 Å². The summed E-state index contributed by atoms with van der Waals surface area (Å²) in [6.45, 7) is 7.05. The first-order chi connectivity index (χ1) is 13.7. The van der Waals surface area contributed by atoms with Gasteiger partial charge in [-0.05, 0) is 37.1 Å². The number of hydrogen-bond donors (Lipinski definition) is 0.